The number of carbonyl (C=O) groups is 8. The van der Waals surface area contributed by atoms with Crippen molar-refractivity contribution >= 4 is 81.3 Å². The van der Waals surface area contributed by atoms with Crippen molar-refractivity contribution in [2.24, 2.45) is 5.73 Å². The van der Waals surface area contributed by atoms with E-state index in [0.29, 0.717) is 70.1 Å². The average molecular weight is 1060 g/mol. The Morgan fingerprint density at radius 3 is 1.84 bits per heavy atom. The number of nitrogens with zero attached hydrogens (tertiary/aromatic N) is 10. The van der Waals surface area contributed by atoms with Gasteiger partial charge in [0.05, 0.1) is 43.2 Å². The second-order valence-corrected chi connectivity index (χ2v) is 18.1. The van der Waals surface area contributed by atoms with E-state index in [2.05, 4.69) is 26.1 Å². The highest BCUT2D eigenvalue weighted by molar-refractivity contribution is 6.13. The van der Waals surface area contributed by atoms with Crippen LogP contribution < -0.4 is 31.2 Å². The lowest BCUT2D eigenvalue weighted by Gasteiger charge is -2.25. The molecule has 0 bridgehead atoms. The standard InChI is InChI=1S/C52H62N14O11/c1-9-65-37(26-31(4)59-65)48(72)57-51-55-35-24-30(3)25-40(77-23-13-19-61(6)50(74)34(14-17-44(70)76-8)54-41(67)18-22-62-42(68)15-16-43(62)69)46(35)64(51)21-12-11-20-63-45-36(28-33(47(53)71)29-39(45)75-7)56-52(63)58-49(73)38-27-32(5)60-66(38)10-2/h11-12,15-16,24-29,34H,9-10,13-14,17-23H2,1-8H3,(H2,53,71)(H,54,67)(H,55,57,72)(H,56,58,73)/b12-11+. The molecule has 25 heteroatoms. The van der Waals surface area contributed by atoms with E-state index in [1.807, 2.05) is 45.1 Å². The third-order valence-corrected chi connectivity index (χ3v) is 12.6. The number of primary amides is 1. The van der Waals surface area contributed by atoms with Gasteiger partial charge in [-0.15, -0.1) is 0 Å². The molecule has 0 fully saturated rings. The number of nitrogens with one attached hydrogen (secondary N) is 3. The number of allylic oxidation sites excluding steroid dienone is 2. The van der Waals surface area contributed by atoms with Crippen molar-refractivity contribution in [3.63, 3.8) is 0 Å². The van der Waals surface area contributed by atoms with Gasteiger partial charge in [-0.2, -0.15) is 10.2 Å². The number of aromatic nitrogens is 8. The Hall–Kier alpha value is -9.16. The molecule has 1 unspecified atom stereocenters. The maximum atomic E-state index is 14.0. The van der Waals surface area contributed by atoms with Crippen LogP contribution in [0.5, 0.6) is 11.5 Å². The summed E-state index contributed by atoms with van der Waals surface area (Å²) in [5, 5.41) is 17.4. The molecule has 1 aliphatic rings. The molecule has 5 N–H and O–H groups in total. The Kier molecular flexibility index (Phi) is 17.7. The predicted octanol–water partition coefficient (Wildman–Crippen LogP) is 3.59. The lowest BCUT2D eigenvalue weighted by molar-refractivity contribution is -0.142. The molecular weight excluding hydrogens is 997 g/mol. The normalized spacial score (nSPS) is 12.7. The number of hydrogen-bond donors (Lipinski definition) is 4. The van der Waals surface area contributed by atoms with Crippen LogP contribution >= 0.6 is 0 Å². The number of amides is 7. The number of imide groups is 1. The van der Waals surface area contributed by atoms with Crippen LogP contribution in [0.3, 0.4) is 0 Å². The number of fused-ring (bicyclic) bond motifs is 2. The molecule has 25 nitrogen and oxygen atoms in total. The molecule has 6 aromatic rings. The van der Waals surface area contributed by atoms with Crippen molar-refractivity contribution in [3.05, 3.63) is 94.6 Å². The highest BCUT2D eigenvalue weighted by Crippen LogP contribution is 2.33. The summed E-state index contributed by atoms with van der Waals surface area (Å²) >= 11 is 0. The number of methoxy groups -OCH3 is 2. The van der Waals surface area contributed by atoms with Crippen molar-refractivity contribution < 1.29 is 52.6 Å². The summed E-state index contributed by atoms with van der Waals surface area (Å²) in [6.07, 6.45) is 5.75. The highest BCUT2D eigenvalue weighted by Gasteiger charge is 2.29. The van der Waals surface area contributed by atoms with Gasteiger partial charge in [0.1, 0.15) is 40.0 Å². The average Bonchev–Trinajstić information content (AvgIpc) is 4.26. The van der Waals surface area contributed by atoms with Crippen LogP contribution in [0.25, 0.3) is 22.1 Å². The summed E-state index contributed by atoms with van der Waals surface area (Å²) in [5.74, 6) is -3.24. The smallest absolute Gasteiger partial charge is 0.305 e. The van der Waals surface area contributed by atoms with Crippen LogP contribution in [0.15, 0.2) is 60.7 Å². The Morgan fingerprint density at radius 2 is 1.31 bits per heavy atom. The van der Waals surface area contributed by atoms with E-state index in [0.717, 1.165) is 22.6 Å². The number of ether oxygens (including phenoxy) is 3. The number of imidazole rings is 2. The van der Waals surface area contributed by atoms with E-state index in [9.17, 15) is 38.4 Å². The third kappa shape index (κ3) is 12.9. The predicted molar refractivity (Wildman–Crippen MR) is 281 cm³/mol. The minimum atomic E-state index is -1.11. The summed E-state index contributed by atoms with van der Waals surface area (Å²) in [4.78, 5) is 115. The minimum Gasteiger partial charge on any atom is -0.494 e. The molecule has 77 heavy (non-hydrogen) atoms. The second kappa shape index (κ2) is 24.5. The maximum absolute atomic E-state index is 14.0. The number of likely N-dealkylation sites (N-methyl/N-ethyl adjacent to an activating group) is 1. The minimum absolute atomic E-state index is 0.0608. The first-order chi connectivity index (χ1) is 36.8. The first kappa shape index (κ1) is 55.6. The van der Waals surface area contributed by atoms with E-state index in [1.165, 1.54) is 31.3 Å². The van der Waals surface area contributed by atoms with Crippen molar-refractivity contribution in [1.82, 2.24) is 53.8 Å². The van der Waals surface area contributed by atoms with Gasteiger partial charge in [-0.05, 0) is 89.4 Å². The van der Waals surface area contributed by atoms with Gasteiger partial charge in [-0.25, -0.2) is 9.97 Å². The van der Waals surface area contributed by atoms with Crippen LogP contribution in [-0.4, -0.2) is 143 Å². The SMILES string of the molecule is CCn1nc(C)cc1C(=O)Nc1nc2cc(C(N)=O)cc(OC)c2n1C/C=C/Cn1c(NC(=O)c2cc(C)nn2CC)nc2cc(C)cc(OCCCN(C)C(=O)C(CCC(=O)OC)NC(=O)CCN3C(=O)C=CC3=O)c21. The lowest BCUT2D eigenvalue weighted by atomic mass is 10.1. The summed E-state index contributed by atoms with van der Waals surface area (Å²) in [6, 6.07) is 8.96. The summed E-state index contributed by atoms with van der Waals surface area (Å²) in [6.45, 7) is 10.5. The lowest BCUT2D eigenvalue weighted by Crippen LogP contribution is -2.48. The van der Waals surface area contributed by atoms with Gasteiger partial charge < -0.3 is 39.3 Å². The van der Waals surface area contributed by atoms with Crippen molar-refractivity contribution in [3.8, 4) is 11.5 Å². The summed E-state index contributed by atoms with van der Waals surface area (Å²) < 4.78 is 23.6. The van der Waals surface area contributed by atoms with Gasteiger partial charge in [0.25, 0.3) is 23.6 Å². The number of carbonyl (C=O) groups excluding carboxylic acids is 8. The molecular formula is C52H62N14O11. The Morgan fingerprint density at radius 1 is 0.753 bits per heavy atom. The molecule has 0 aliphatic carbocycles. The van der Waals surface area contributed by atoms with Crippen LogP contribution in [0.2, 0.25) is 0 Å². The molecule has 0 saturated heterocycles. The molecule has 1 aliphatic heterocycles. The first-order valence-corrected chi connectivity index (χ1v) is 24.9. The Balaban J connectivity index is 1.14. The number of nitrogens with two attached hydrogens (primary N) is 1. The van der Waals surface area contributed by atoms with E-state index < -0.39 is 53.4 Å². The van der Waals surface area contributed by atoms with Crippen LogP contribution in [0, 0.1) is 20.8 Å². The zero-order chi connectivity index (χ0) is 55.7. The van der Waals surface area contributed by atoms with E-state index >= 15 is 0 Å². The van der Waals surface area contributed by atoms with E-state index in [-0.39, 0.29) is 75.3 Å². The molecule has 1 atom stereocenters. The fraction of sp³-hybridized carbons (Fsp3) is 0.385. The first-order valence-electron chi connectivity index (χ1n) is 24.9. The van der Waals surface area contributed by atoms with E-state index in [4.69, 9.17) is 29.9 Å². The van der Waals surface area contributed by atoms with Gasteiger partial charge >= 0.3 is 5.97 Å². The van der Waals surface area contributed by atoms with E-state index in [1.54, 1.807) is 51.5 Å². The number of rotatable bonds is 25. The molecule has 5 heterocycles. The maximum Gasteiger partial charge on any atom is 0.305 e. The quantitative estimate of drug-likeness (QED) is 0.0276. The molecule has 2 aromatic carbocycles. The summed E-state index contributed by atoms with van der Waals surface area (Å²) in [7, 11) is 4.22. The Bertz CT molecular complexity index is 3320. The van der Waals surface area contributed by atoms with Crippen LogP contribution in [0.4, 0.5) is 11.9 Å². The van der Waals surface area contributed by atoms with Crippen LogP contribution in [-0.2, 0) is 54.9 Å². The zero-order valence-electron chi connectivity index (χ0n) is 44.2. The largest absolute Gasteiger partial charge is 0.494 e. The van der Waals surface area contributed by atoms with Gasteiger partial charge in [0, 0.05) is 76.9 Å². The molecule has 0 spiro atoms. The zero-order valence-corrected chi connectivity index (χ0v) is 44.2. The molecule has 0 radical (unpaired) electrons. The van der Waals surface area contributed by atoms with Gasteiger partial charge in [-0.1, -0.05) is 12.2 Å². The fourth-order valence-electron chi connectivity index (χ4n) is 8.79. The number of esters is 1. The number of anilines is 2. The number of benzene rings is 2. The second-order valence-electron chi connectivity index (χ2n) is 18.1. The number of aryl methyl sites for hydroxylation is 5. The van der Waals surface area contributed by atoms with Gasteiger partial charge in [-0.3, -0.25) is 63.3 Å². The fourth-order valence-corrected chi connectivity index (χ4v) is 8.79. The molecule has 406 valence electrons. The van der Waals surface area contributed by atoms with Crippen molar-refractivity contribution in [2.45, 2.75) is 92.5 Å². The van der Waals surface area contributed by atoms with Crippen molar-refractivity contribution in [2.75, 3.05) is 51.6 Å². The summed E-state index contributed by atoms with van der Waals surface area (Å²) in [5.41, 5.74) is 10.5. The molecule has 0 saturated carbocycles. The van der Waals surface area contributed by atoms with Crippen LogP contribution in [0.1, 0.15) is 87.8 Å². The topological polar surface area (TPSA) is 304 Å². The Labute approximate surface area is 442 Å². The highest BCUT2D eigenvalue weighted by atomic mass is 16.5. The monoisotopic (exact) mass is 1060 g/mol. The van der Waals surface area contributed by atoms with Gasteiger partial charge in [0.2, 0.25) is 29.6 Å². The molecule has 7 rings (SSSR count). The molecule has 7 amide bonds. The van der Waals surface area contributed by atoms with Crippen molar-refractivity contribution in [1.29, 1.82) is 0 Å². The molecule has 4 aromatic heterocycles. The third-order valence-electron chi connectivity index (χ3n) is 12.6. The number of hydrogen-bond acceptors (Lipinski definition) is 15. The van der Waals surface area contributed by atoms with Gasteiger partial charge in [0.15, 0.2) is 0 Å².